The maximum absolute atomic E-state index is 12.4. The first kappa shape index (κ1) is 16.7. The minimum absolute atomic E-state index is 0.0842. The molecule has 2 rings (SSSR count). The van der Waals surface area contributed by atoms with E-state index in [-0.39, 0.29) is 11.9 Å². The van der Waals surface area contributed by atoms with Gasteiger partial charge < -0.3 is 10.2 Å². The van der Waals surface area contributed by atoms with Crippen LogP contribution in [0.4, 0.5) is 9.93 Å². The minimum atomic E-state index is -0.420. The summed E-state index contributed by atoms with van der Waals surface area (Å²) in [6, 6.07) is -0.698. The van der Waals surface area contributed by atoms with Gasteiger partial charge in [0, 0.05) is 31.0 Å². The van der Waals surface area contributed by atoms with Gasteiger partial charge in [-0.1, -0.05) is 20.8 Å². The molecular weight excluding hydrogens is 302 g/mol. The Labute approximate surface area is 134 Å². The van der Waals surface area contributed by atoms with Crippen molar-refractivity contribution >= 4 is 28.6 Å². The third-order valence-corrected chi connectivity index (χ3v) is 4.11. The molecule has 1 aliphatic rings. The predicted octanol–water partition coefficient (Wildman–Crippen LogP) is 1.87. The number of rotatable bonds is 5. The number of carbonyl (C=O) groups excluding carboxylic acids is 2. The number of aromatic nitrogens is 2. The third-order valence-electron chi connectivity index (χ3n) is 3.44. The van der Waals surface area contributed by atoms with E-state index in [1.807, 2.05) is 13.8 Å². The van der Waals surface area contributed by atoms with Crippen molar-refractivity contribution < 1.29 is 9.59 Å². The fraction of sp³-hybridized carbons (Fsp3) is 0.714. The van der Waals surface area contributed by atoms with E-state index in [0.717, 1.165) is 18.7 Å². The molecule has 2 heterocycles. The first-order chi connectivity index (χ1) is 10.5. The van der Waals surface area contributed by atoms with Crippen LogP contribution in [0.2, 0.25) is 0 Å². The number of amides is 3. The van der Waals surface area contributed by atoms with Gasteiger partial charge in [-0.05, 0) is 18.8 Å². The van der Waals surface area contributed by atoms with Crippen molar-refractivity contribution in [3.63, 3.8) is 0 Å². The monoisotopic (exact) mass is 325 g/mol. The second-order valence-corrected chi connectivity index (χ2v) is 6.58. The molecule has 1 aliphatic heterocycles. The second-order valence-electron chi connectivity index (χ2n) is 5.83. The number of aryl methyl sites for hydroxylation is 1. The van der Waals surface area contributed by atoms with E-state index in [9.17, 15) is 9.59 Å². The van der Waals surface area contributed by atoms with Gasteiger partial charge in [-0.2, -0.15) is 4.37 Å². The molecule has 1 fully saturated rings. The zero-order valence-electron chi connectivity index (χ0n) is 13.3. The standard InChI is InChI=1S/C14H23N5O2S/c1-4-5-11-16-13(22-18-11)17-14(21)19-7-6-15-12(20)10(19)8-9(2)3/h9-10H,4-8H2,1-3H3,(H,15,20)(H,16,17,18,21). The number of hydrogen-bond donors (Lipinski definition) is 2. The van der Waals surface area contributed by atoms with E-state index in [2.05, 4.69) is 26.9 Å². The van der Waals surface area contributed by atoms with Gasteiger partial charge in [0.25, 0.3) is 0 Å². The van der Waals surface area contributed by atoms with Crippen molar-refractivity contribution in [2.24, 2.45) is 5.92 Å². The van der Waals surface area contributed by atoms with Gasteiger partial charge in [-0.25, -0.2) is 9.78 Å². The van der Waals surface area contributed by atoms with Crippen molar-refractivity contribution in [1.29, 1.82) is 0 Å². The predicted molar refractivity (Wildman–Crippen MR) is 85.9 cm³/mol. The number of carbonyl (C=O) groups is 2. The molecule has 1 unspecified atom stereocenters. The highest BCUT2D eigenvalue weighted by Gasteiger charge is 2.33. The molecule has 1 aromatic heterocycles. The lowest BCUT2D eigenvalue weighted by atomic mass is 10.0. The van der Waals surface area contributed by atoms with Gasteiger partial charge in [0.15, 0.2) is 0 Å². The average molecular weight is 325 g/mol. The lowest BCUT2D eigenvalue weighted by Gasteiger charge is -2.35. The summed E-state index contributed by atoms with van der Waals surface area (Å²) in [5.41, 5.74) is 0. The number of nitrogens with one attached hydrogen (secondary N) is 2. The average Bonchev–Trinajstić information content (AvgIpc) is 2.88. The van der Waals surface area contributed by atoms with E-state index < -0.39 is 6.04 Å². The van der Waals surface area contributed by atoms with Gasteiger partial charge in [-0.3, -0.25) is 10.1 Å². The first-order valence-corrected chi connectivity index (χ1v) is 8.46. The SMILES string of the molecule is CCCc1nsc(NC(=O)N2CCNC(=O)C2CC(C)C)n1. The Morgan fingerprint density at radius 3 is 3.00 bits per heavy atom. The molecule has 122 valence electrons. The topological polar surface area (TPSA) is 87.2 Å². The highest BCUT2D eigenvalue weighted by molar-refractivity contribution is 7.09. The third kappa shape index (κ3) is 4.16. The van der Waals surface area contributed by atoms with Gasteiger partial charge in [0.2, 0.25) is 11.0 Å². The summed E-state index contributed by atoms with van der Waals surface area (Å²) in [7, 11) is 0. The lowest BCUT2D eigenvalue weighted by Crippen LogP contribution is -2.58. The Bertz CT molecular complexity index is 531. The second kappa shape index (κ2) is 7.53. The fourth-order valence-corrected chi connectivity index (χ4v) is 3.03. The van der Waals surface area contributed by atoms with Crippen LogP contribution in [0.5, 0.6) is 0 Å². The van der Waals surface area contributed by atoms with E-state index in [1.54, 1.807) is 4.90 Å². The zero-order chi connectivity index (χ0) is 16.1. The molecular formula is C14H23N5O2S. The molecule has 0 saturated carbocycles. The maximum atomic E-state index is 12.4. The Hall–Kier alpha value is -1.70. The fourth-order valence-electron chi connectivity index (χ4n) is 2.43. The molecule has 1 aromatic rings. The van der Waals surface area contributed by atoms with E-state index in [0.29, 0.717) is 30.6 Å². The lowest BCUT2D eigenvalue weighted by molar-refractivity contribution is -0.128. The van der Waals surface area contributed by atoms with E-state index in [1.165, 1.54) is 11.5 Å². The molecule has 1 saturated heterocycles. The van der Waals surface area contributed by atoms with Crippen LogP contribution in [-0.4, -0.2) is 45.3 Å². The van der Waals surface area contributed by atoms with Crippen LogP contribution in [0, 0.1) is 5.92 Å². The Morgan fingerprint density at radius 1 is 1.55 bits per heavy atom. The highest BCUT2D eigenvalue weighted by atomic mass is 32.1. The number of piperazine rings is 1. The van der Waals surface area contributed by atoms with E-state index >= 15 is 0 Å². The summed E-state index contributed by atoms with van der Waals surface area (Å²) in [6.45, 7) is 7.13. The van der Waals surface area contributed by atoms with Gasteiger partial charge >= 0.3 is 6.03 Å². The van der Waals surface area contributed by atoms with Crippen molar-refractivity contribution in [2.45, 2.75) is 46.1 Å². The van der Waals surface area contributed by atoms with Crippen molar-refractivity contribution in [3.8, 4) is 0 Å². The summed E-state index contributed by atoms with van der Waals surface area (Å²) in [5.74, 6) is 0.999. The smallest absolute Gasteiger partial charge is 0.324 e. The molecule has 0 bridgehead atoms. The summed E-state index contributed by atoms with van der Waals surface area (Å²) < 4.78 is 4.20. The Kier molecular flexibility index (Phi) is 5.70. The molecule has 3 amide bonds. The van der Waals surface area contributed by atoms with Crippen molar-refractivity contribution in [1.82, 2.24) is 19.6 Å². The summed E-state index contributed by atoms with van der Waals surface area (Å²) in [4.78, 5) is 30.4. The van der Waals surface area contributed by atoms with Gasteiger partial charge in [0.05, 0.1) is 0 Å². The molecule has 22 heavy (non-hydrogen) atoms. The van der Waals surface area contributed by atoms with Crippen LogP contribution in [-0.2, 0) is 11.2 Å². The summed E-state index contributed by atoms with van der Waals surface area (Å²) >= 11 is 1.18. The van der Waals surface area contributed by atoms with Crippen LogP contribution < -0.4 is 10.6 Å². The van der Waals surface area contributed by atoms with Gasteiger partial charge in [0.1, 0.15) is 11.9 Å². The first-order valence-electron chi connectivity index (χ1n) is 7.69. The molecule has 0 radical (unpaired) electrons. The van der Waals surface area contributed by atoms with Crippen molar-refractivity contribution in [3.05, 3.63) is 5.82 Å². The van der Waals surface area contributed by atoms with Crippen LogP contribution in [0.25, 0.3) is 0 Å². The van der Waals surface area contributed by atoms with Crippen molar-refractivity contribution in [2.75, 3.05) is 18.4 Å². The van der Waals surface area contributed by atoms with Crippen LogP contribution >= 0.6 is 11.5 Å². The van der Waals surface area contributed by atoms with Crippen LogP contribution in [0.3, 0.4) is 0 Å². The molecule has 7 nitrogen and oxygen atoms in total. The van der Waals surface area contributed by atoms with Crippen LogP contribution in [0.1, 0.15) is 39.4 Å². The Balaban J connectivity index is 2.03. The van der Waals surface area contributed by atoms with Crippen LogP contribution in [0.15, 0.2) is 0 Å². The van der Waals surface area contributed by atoms with E-state index in [4.69, 9.17) is 0 Å². The van der Waals surface area contributed by atoms with Gasteiger partial charge in [-0.15, -0.1) is 0 Å². The highest BCUT2D eigenvalue weighted by Crippen LogP contribution is 2.18. The number of hydrogen-bond acceptors (Lipinski definition) is 5. The molecule has 8 heteroatoms. The summed E-state index contributed by atoms with van der Waals surface area (Å²) in [6.07, 6.45) is 2.41. The normalized spacial score (nSPS) is 18.5. The summed E-state index contributed by atoms with van der Waals surface area (Å²) in [5, 5.41) is 6.08. The molecule has 2 N–H and O–H groups in total. The zero-order valence-corrected chi connectivity index (χ0v) is 14.1. The molecule has 1 atom stereocenters. The minimum Gasteiger partial charge on any atom is -0.353 e. The maximum Gasteiger partial charge on any atom is 0.324 e. The quantitative estimate of drug-likeness (QED) is 0.865. The molecule has 0 aromatic carbocycles. The molecule has 0 aliphatic carbocycles. The number of nitrogens with zero attached hydrogens (tertiary/aromatic N) is 3. The Morgan fingerprint density at radius 2 is 2.32 bits per heavy atom. The molecule has 0 spiro atoms. The number of anilines is 1. The number of urea groups is 1. The largest absolute Gasteiger partial charge is 0.353 e.